The van der Waals surface area contributed by atoms with E-state index in [0.717, 1.165) is 10.7 Å². The maximum atomic E-state index is 12.5. The van der Waals surface area contributed by atoms with Gasteiger partial charge in [-0.3, -0.25) is 9.69 Å². The van der Waals surface area contributed by atoms with Gasteiger partial charge in [0.2, 0.25) is 15.9 Å². The fourth-order valence-electron chi connectivity index (χ4n) is 3.21. The molecule has 2 unspecified atom stereocenters. The van der Waals surface area contributed by atoms with Gasteiger partial charge in [-0.1, -0.05) is 31.9 Å². The van der Waals surface area contributed by atoms with Crippen LogP contribution >= 0.6 is 11.6 Å². The number of nitrogens with zero attached hydrogens (tertiary/aromatic N) is 2. The van der Waals surface area contributed by atoms with Gasteiger partial charge < -0.3 is 5.32 Å². The fourth-order valence-corrected chi connectivity index (χ4v) is 4.30. The van der Waals surface area contributed by atoms with E-state index < -0.39 is 10.0 Å². The van der Waals surface area contributed by atoms with Crippen LogP contribution in [0.2, 0.25) is 5.02 Å². The lowest BCUT2D eigenvalue weighted by molar-refractivity contribution is -0.116. The van der Waals surface area contributed by atoms with E-state index in [1.807, 2.05) is 0 Å². The van der Waals surface area contributed by atoms with Crippen LogP contribution in [-0.4, -0.2) is 56.3 Å². The topological polar surface area (TPSA) is 69.7 Å². The molecule has 1 aromatic carbocycles. The Morgan fingerprint density at radius 1 is 1.29 bits per heavy atom. The third-order valence-corrected chi connectivity index (χ3v) is 7.73. The molecule has 2 atom stereocenters. The number of hydrogen-bond acceptors (Lipinski definition) is 4. The van der Waals surface area contributed by atoms with Gasteiger partial charge in [0.1, 0.15) is 0 Å². The number of amides is 1. The molecule has 1 saturated carbocycles. The number of nitrogens with one attached hydrogen (secondary N) is 1. The van der Waals surface area contributed by atoms with Crippen molar-refractivity contribution in [2.24, 2.45) is 5.92 Å². The van der Waals surface area contributed by atoms with Crippen LogP contribution in [0.5, 0.6) is 0 Å². The van der Waals surface area contributed by atoms with Crippen LogP contribution in [0.1, 0.15) is 46.5 Å². The maximum Gasteiger partial charge on any atom is 0.242 e. The standard InChI is InChI=1S/C20H32ClN3O3S/c1-6-14(2)15(3)24(16-7-8-16)12-11-20(25)22-19-13-17(9-10-18(19)21)28(26,27)23(4)5/h9-10,13-16H,6-8,11-12H2,1-5H3,(H,22,25). The zero-order chi connectivity index (χ0) is 21.1. The molecule has 1 fully saturated rings. The molecule has 0 saturated heterocycles. The molecule has 158 valence electrons. The molecule has 0 aromatic heterocycles. The van der Waals surface area contributed by atoms with Crippen molar-refractivity contribution < 1.29 is 13.2 Å². The summed E-state index contributed by atoms with van der Waals surface area (Å²) in [6.45, 7) is 7.36. The molecule has 8 heteroatoms. The Morgan fingerprint density at radius 2 is 1.93 bits per heavy atom. The molecule has 1 amide bonds. The first kappa shape index (κ1) is 23.1. The smallest absolute Gasteiger partial charge is 0.242 e. The summed E-state index contributed by atoms with van der Waals surface area (Å²) in [5, 5.41) is 3.10. The van der Waals surface area contributed by atoms with E-state index in [1.54, 1.807) is 0 Å². The van der Waals surface area contributed by atoms with Crippen molar-refractivity contribution in [3.8, 4) is 0 Å². The largest absolute Gasteiger partial charge is 0.325 e. The molecular formula is C20H32ClN3O3S. The highest BCUT2D eigenvalue weighted by Crippen LogP contribution is 2.31. The predicted molar refractivity (Wildman–Crippen MR) is 114 cm³/mol. The Hall–Kier alpha value is -1.15. The zero-order valence-corrected chi connectivity index (χ0v) is 19.0. The lowest BCUT2D eigenvalue weighted by Gasteiger charge is -2.33. The summed E-state index contributed by atoms with van der Waals surface area (Å²) in [5.41, 5.74) is 0.322. The van der Waals surface area contributed by atoms with Crippen LogP contribution in [0, 0.1) is 5.92 Å². The number of sulfonamides is 1. The van der Waals surface area contributed by atoms with Gasteiger partial charge in [0.15, 0.2) is 0 Å². The van der Waals surface area contributed by atoms with Crippen molar-refractivity contribution in [2.75, 3.05) is 26.0 Å². The van der Waals surface area contributed by atoms with Gasteiger partial charge in [0.05, 0.1) is 15.6 Å². The minimum atomic E-state index is -3.59. The summed E-state index contributed by atoms with van der Waals surface area (Å²) in [6.07, 6.45) is 3.84. The van der Waals surface area contributed by atoms with Gasteiger partial charge in [-0.25, -0.2) is 12.7 Å². The van der Waals surface area contributed by atoms with Gasteiger partial charge in [-0.15, -0.1) is 0 Å². The Kier molecular flexibility index (Phi) is 7.90. The van der Waals surface area contributed by atoms with E-state index in [-0.39, 0.29) is 10.8 Å². The Morgan fingerprint density at radius 3 is 2.46 bits per heavy atom. The number of benzene rings is 1. The first-order valence-electron chi connectivity index (χ1n) is 9.85. The SMILES string of the molecule is CCC(C)C(C)N(CCC(=O)Nc1cc(S(=O)(=O)N(C)C)ccc1Cl)C1CC1. The second-order valence-electron chi connectivity index (χ2n) is 7.82. The molecule has 1 aromatic rings. The average Bonchev–Trinajstić information content (AvgIpc) is 3.47. The summed E-state index contributed by atoms with van der Waals surface area (Å²) >= 11 is 6.17. The van der Waals surface area contributed by atoms with E-state index in [9.17, 15) is 13.2 Å². The lowest BCUT2D eigenvalue weighted by atomic mass is 9.99. The summed E-state index contributed by atoms with van der Waals surface area (Å²) in [6, 6.07) is 5.36. The normalized spacial score (nSPS) is 17.0. The van der Waals surface area contributed by atoms with Gasteiger partial charge in [0.25, 0.3) is 0 Å². The predicted octanol–water partition coefficient (Wildman–Crippen LogP) is 3.82. The lowest BCUT2D eigenvalue weighted by Crippen LogP contribution is -2.40. The maximum absolute atomic E-state index is 12.5. The first-order chi connectivity index (χ1) is 13.1. The quantitative estimate of drug-likeness (QED) is 0.613. The zero-order valence-electron chi connectivity index (χ0n) is 17.4. The highest BCUT2D eigenvalue weighted by Gasteiger charge is 2.33. The monoisotopic (exact) mass is 429 g/mol. The molecule has 0 spiro atoms. The second-order valence-corrected chi connectivity index (χ2v) is 10.4. The Balaban J connectivity index is 2.04. The summed E-state index contributed by atoms with van der Waals surface area (Å²) < 4.78 is 25.7. The van der Waals surface area contributed by atoms with E-state index in [4.69, 9.17) is 11.6 Å². The highest BCUT2D eigenvalue weighted by molar-refractivity contribution is 7.89. The molecule has 6 nitrogen and oxygen atoms in total. The highest BCUT2D eigenvalue weighted by atomic mass is 35.5. The number of carbonyl (C=O) groups is 1. The molecule has 0 aliphatic heterocycles. The van der Waals surface area contributed by atoms with Crippen LogP contribution in [-0.2, 0) is 14.8 Å². The summed E-state index contributed by atoms with van der Waals surface area (Å²) in [4.78, 5) is 15.0. The average molecular weight is 430 g/mol. The van der Waals surface area contributed by atoms with Gasteiger partial charge in [-0.2, -0.15) is 0 Å². The Labute approximate surface area is 174 Å². The third kappa shape index (κ3) is 5.69. The Bertz CT molecular complexity index is 794. The number of anilines is 1. The van der Waals surface area contributed by atoms with E-state index in [0.29, 0.717) is 41.7 Å². The van der Waals surface area contributed by atoms with Crippen LogP contribution in [0.4, 0.5) is 5.69 Å². The molecule has 28 heavy (non-hydrogen) atoms. The van der Waals surface area contributed by atoms with Crippen molar-refractivity contribution >= 4 is 33.2 Å². The third-order valence-electron chi connectivity index (χ3n) is 5.59. The van der Waals surface area contributed by atoms with Gasteiger partial charge in [0, 0.05) is 39.1 Å². The van der Waals surface area contributed by atoms with E-state index in [2.05, 4.69) is 31.0 Å². The number of halogens is 1. The van der Waals surface area contributed by atoms with E-state index >= 15 is 0 Å². The van der Waals surface area contributed by atoms with E-state index in [1.165, 1.54) is 45.1 Å². The van der Waals surface area contributed by atoms with Crippen LogP contribution < -0.4 is 5.32 Å². The van der Waals surface area contributed by atoms with Crippen molar-refractivity contribution in [1.29, 1.82) is 0 Å². The first-order valence-corrected chi connectivity index (χ1v) is 11.7. The number of hydrogen-bond donors (Lipinski definition) is 1. The number of rotatable bonds is 10. The van der Waals surface area contributed by atoms with Crippen molar-refractivity contribution in [1.82, 2.24) is 9.21 Å². The van der Waals surface area contributed by atoms with Crippen LogP contribution in [0.3, 0.4) is 0 Å². The molecule has 1 aliphatic rings. The summed E-state index contributed by atoms with van der Waals surface area (Å²) in [7, 11) is -0.658. The minimum Gasteiger partial charge on any atom is -0.325 e. The van der Waals surface area contributed by atoms with Gasteiger partial charge >= 0.3 is 0 Å². The summed E-state index contributed by atoms with van der Waals surface area (Å²) in [5.74, 6) is 0.411. The molecule has 0 heterocycles. The van der Waals surface area contributed by atoms with Crippen molar-refractivity contribution in [2.45, 2.75) is 63.4 Å². The molecule has 1 aliphatic carbocycles. The fraction of sp³-hybridized carbons (Fsp3) is 0.650. The molecule has 0 bridgehead atoms. The molecular weight excluding hydrogens is 398 g/mol. The minimum absolute atomic E-state index is 0.0993. The second kappa shape index (κ2) is 9.57. The van der Waals surface area contributed by atoms with Crippen molar-refractivity contribution in [3.05, 3.63) is 23.2 Å². The van der Waals surface area contributed by atoms with Crippen LogP contribution in [0.25, 0.3) is 0 Å². The van der Waals surface area contributed by atoms with Crippen LogP contribution in [0.15, 0.2) is 23.1 Å². The molecule has 1 N–H and O–H groups in total. The molecule has 2 rings (SSSR count). The van der Waals surface area contributed by atoms with Crippen molar-refractivity contribution in [3.63, 3.8) is 0 Å². The van der Waals surface area contributed by atoms with Gasteiger partial charge in [-0.05, 0) is 43.9 Å². The number of carbonyl (C=O) groups excluding carboxylic acids is 1. The molecule has 0 radical (unpaired) electrons.